The van der Waals surface area contributed by atoms with E-state index in [9.17, 15) is 9.18 Å². The quantitative estimate of drug-likeness (QED) is 0.804. The number of ether oxygens (including phenoxy) is 1. The van der Waals surface area contributed by atoms with Gasteiger partial charge in [0, 0.05) is 5.56 Å². The van der Waals surface area contributed by atoms with Crippen LogP contribution in [0.1, 0.15) is 26.6 Å². The summed E-state index contributed by atoms with van der Waals surface area (Å²) in [5.41, 5.74) is -0.414. The van der Waals surface area contributed by atoms with Crippen molar-refractivity contribution in [1.29, 1.82) is 0 Å². The standard InChI is InChI=1S/C14H15FN2O3/c1-4-19-13(18)14(2,3)12-16-11(20-17-12)9-5-7-10(15)8-6-9/h5-8H,4H2,1-3H3. The number of nitrogens with zero attached hydrogens (tertiary/aromatic N) is 2. The van der Waals surface area contributed by atoms with Gasteiger partial charge in [-0.05, 0) is 45.0 Å². The molecule has 0 radical (unpaired) electrons. The summed E-state index contributed by atoms with van der Waals surface area (Å²) in [5, 5.41) is 3.81. The second-order valence-electron chi connectivity index (χ2n) is 4.78. The Bertz CT molecular complexity index is 605. The molecule has 2 rings (SSSR count). The summed E-state index contributed by atoms with van der Waals surface area (Å²) in [5.74, 6) is -0.306. The Kier molecular flexibility index (Phi) is 3.83. The molecule has 2 aromatic rings. The molecule has 1 heterocycles. The minimum Gasteiger partial charge on any atom is -0.465 e. The van der Waals surface area contributed by atoms with Gasteiger partial charge < -0.3 is 9.26 Å². The molecule has 0 bridgehead atoms. The van der Waals surface area contributed by atoms with Crippen LogP contribution in [0.15, 0.2) is 28.8 Å². The first-order valence-electron chi connectivity index (χ1n) is 6.22. The minimum atomic E-state index is -1.00. The fourth-order valence-corrected chi connectivity index (χ4v) is 1.59. The van der Waals surface area contributed by atoms with Crippen molar-refractivity contribution in [2.75, 3.05) is 6.61 Å². The Morgan fingerprint density at radius 1 is 1.35 bits per heavy atom. The molecule has 106 valence electrons. The molecule has 5 nitrogen and oxygen atoms in total. The maximum atomic E-state index is 12.9. The molecule has 0 unspecified atom stereocenters. The van der Waals surface area contributed by atoms with Crippen LogP contribution in [-0.2, 0) is 14.9 Å². The summed E-state index contributed by atoms with van der Waals surface area (Å²) in [7, 11) is 0. The van der Waals surface area contributed by atoms with Crippen molar-refractivity contribution in [3.8, 4) is 11.5 Å². The van der Waals surface area contributed by atoms with Crippen LogP contribution in [0, 0.1) is 5.82 Å². The first-order chi connectivity index (χ1) is 9.45. The number of carbonyl (C=O) groups excluding carboxylic acids is 1. The van der Waals surface area contributed by atoms with Gasteiger partial charge >= 0.3 is 5.97 Å². The molecule has 0 atom stereocenters. The highest BCUT2D eigenvalue weighted by Crippen LogP contribution is 2.25. The second-order valence-corrected chi connectivity index (χ2v) is 4.78. The summed E-state index contributed by atoms with van der Waals surface area (Å²) in [6.45, 7) is 5.33. The lowest BCUT2D eigenvalue weighted by Gasteiger charge is -2.17. The third-order valence-corrected chi connectivity index (χ3v) is 2.86. The highest BCUT2D eigenvalue weighted by molar-refractivity contribution is 5.81. The van der Waals surface area contributed by atoms with Crippen molar-refractivity contribution < 1.29 is 18.4 Å². The lowest BCUT2D eigenvalue weighted by atomic mass is 9.93. The molecule has 0 aliphatic rings. The number of halogens is 1. The number of aromatic nitrogens is 2. The first-order valence-corrected chi connectivity index (χ1v) is 6.22. The highest BCUT2D eigenvalue weighted by atomic mass is 19.1. The van der Waals surface area contributed by atoms with E-state index in [1.54, 1.807) is 20.8 Å². The maximum absolute atomic E-state index is 12.9. The van der Waals surface area contributed by atoms with Crippen molar-refractivity contribution in [2.24, 2.45) is 0 Å². The molecule has 0 fully saturated rings. The summed E-state index contributed by atoms with van der Waals surface area (Å²) in [6, 6.07) is 5.67. The molecule has 0 N–H and O–H groups in total. The van der Waals surface area contributed by atoms with Crippen LogP contribution >= 0.6 is 0 Å². The molecule has 1 aromatic heterocycles. The SMILES string of the molecule is CCOC(=O)C(C)(C)c1noc(-c2ccc(F)cc2)n1. The molecule has 20 heavy (non-hydrogen) atoms. The van der Waals surface area contributed by atoms with Gasteiger partial charge in [0.1, 0.15) is 11.2 Å². The average molecular weight is 278 g/mol. The van der Waals surface area contributed by atoms with Crippen molar-refractivity contribution >= 4 is 5.97 Å². The van der Waals surface area contributed by atoms with Gasteiger partial charge in [-0.2, -0.15) is 4.98 Å². The zero-order valence-electron chi connectivity index (χ0n) is 11.5. The van der Waals surface area contributed by atoms with Gasteiger partial charge in [-0.25, -0.2) is 4.39 Å². The number of rotatable bonds is 4. The maximum Gasteiger partial charge on any atom is 0.319 e. The van der Waals surface area contributed by atoms with Crippen LogP contribution in [-0.4, -0.2) is 22.7 Å². The van der Waals surface area contributed by atoms with Crippen molar-refractivity contribution in [2.45, 2.75) is 26.2 Å². The number of esters is 1. The van der Waals surface area contributed by atoms with E-state index >= 15 is 0 Å². The third-order valence-electron chi connectivity index (χ3n) is 2.86. The van der Waals surface area contributed by atoms with Crippen LogP contribution in [0.5, 0.6) is 0 Å². The minimum absolute atomic E-state index is 0.232. The molecule has 1 aromatic carbocycles. The van der Waals surface area contributed by atoms with Gasteiger partial charge in [0.2, 0.25) is 0 Å². The Balaban J connectivity index is 2.28. The van der Waals surface area contributed by atoms with Gasteiger partial charge in [-0.15, -0.1) is 0 Å². The fraction of sp³-hybridized carbons (Fsp3) is 0.357. The van der Waals surface area contributed by atoms with Gasteiger partial charge in [0.05, 0.1) is 6.61 Å². The van der Waals surface area contributed by atoms with E-state index in [-0.39, 0.29) is 24.1 Å². The lowest BCUT2D eigenvalue weighted by molar-refractivity contribution is -0.149. The van der Waals surface area contributed by atoms with Crippen LogP contribution in [0.25, 0.3) is 11.5 Å². The van der Waals surface area contributed by atoms with E-state index in [1.807, 2.05) is 0 Å². The molecule has 0 saturated heterocycles. The number of benzene rings is 1. The zero-order chi connectivity index (χ0) is 14.8. The zero-order valence-corrected chi connectivity index (χ0v) is 11.5. The van der Waals surface area contributed by atoms with Gasteiger partial charge in [-0.3, -0.25) is 4.79 Å². The van der Waals surface area contributed by atoms with Crippen molar-refractivity contribution in [3.05, 3.63) is 35.9 Å². The predicted octanol–water partition coefficient (Wildman–Crippen LogP) is 2.72. The van der Waals surface area contributed by atoms with E-state index in [4.69, 9.17) is 9.26 Å². The summed E-state index contributed by atoms with van der Waals surface area (Å²) < 4.78 is 23.0. The molecule has 0 amide bonds. The lowest BCUT2D eigenvalue weighted by Crippen LogP contribution is -2.32. The summed E-state index contributed by atoms with van der Waals surface area (Å²) in [6.07, 6.45) is 0. The van der Waals surface area contributed by atoms with E-state index in [0.29, 0.717) is 5.56 Å². The largest absolute Gasteiger partial charge is 0.465 e. The normalized spacial score (nSPS) is 11.4. The molecule has 0 saturated carbocycles. The van der Waals surface area contributed by atoms with Crippen molar-refractivity contribution in [1.82, 2.24) is 10.1 Å². The van der Waals surface area contributed by atoms with Crippen LogP contribution < -0.4 is 0 Å². The third kappa shape index (κ3) is 2.68. The average Bonchev–Trinajstić information content (AvgIpc) is 2.90. The molecule has 6 heteroatoms. The Morgan fingerprint density at radius 2 is 2.00 bits per heavy atom. The number of hydrogen-bond donors (Lipinski definition) is 0. The number of hydrogen-bond acceptors (Lipinski definition) is 5. The Labute approximate surface area is 115 Å². The highest BCUT2D eigenvalue weighted by Gasteiger charge is 2.36. The van der Waals surface area contributed by atoms with Crippen LogP contribution in [0.4, 0.5) is 4.39 Å². The monoisotopic (exact) mass is 278 g/mol. The van der Waals surface area contributed by atoms with Gasteiger partial charge in [0.15, 0.2) is 5.82 Å². The topological polar surface area (TPSA) is 65.2 Å². The van der Waals surface area contributed by atoms with Crippen LogP contribution in [0.3, 0.4) is 0 Å². The second kappa shape index (κ2) is 5.40. The smallest absolute Gasteiger partial charge is 0.319 e. The van der Waals surface area contributed by atoms with E-state index in [2.05, 4.69) is 10.1 Å². The van der Waals surface area contributed by atoms with Crippen LogP contribution in [0.2, 0.25) is 0 Å². The van der Waals surface area contributed by atoms with Crippen molar-refractivity contribution in [3.63, 3.8) is 0 Å². The molecule has 0 spiro atoms. The number of carbonyl (C=O) groups is 1. The van der Waals surface area contributed by atoms with E-state index < -0.39 is 11.4 Å². The Morgan fingerprint density at radius 3 is 2.60 bits per heavy atom. The molecule has 0 aliphatic heterocycles. The molecular formula is C14H15FN2O3. The van der Waals surface area contributed by atoms with E-state index in [1.165, 1.54) is 24.3 Å². The van der Waals surface area contributed by atoms with E-state index in [0.717, 1.165) is 0 Å². The predicted molar refractivity (Wildman–Crippen MR) is 69.4 cm³/mol. The Hall–Kier alpha value is -2.24. The first kappa shape index (κ1) is 14.2. The molecule has 0 aliphatic carbocycles. The van der Waals surface area contributed by atoms with Gasteiger partial charge in [-0.1, -0.05) is 5.16 Å². The summed E-state index contributed by atoms with van der Waals surface area (Å²) in [4.78, 5) is 16.0. The fourth-order valence-electron chi connectivity index (χ4n) is 1.59. The molecular weight excluding hydrogens is 263 g/mol. The van der Waals surface area contributed by atoms with Gasteiger partial charge in [0.25, 0.3) is 5.89 Å². The summed E-state index contributed by atoms with van der Waals surface area (Å²) >= 11 is 0.